The van der Waals surface area contributed by atoms with E-state index in [4.69, 9.17) is 9.47 Å². The predicted molar refractivity (Wildman–Crippen MR) is 68.5 cm³/mol. The number of fused-ring (bicyclic) bond motifs is 1. The first-order valence-corrected chi connectivity index (χ1v) is 6.42. The minimum absolute atomic E-state index is 0.0502. The molecule has 0 saturated carbocycles. The molecule has 2 aliphatic heterocycles. The highest BCUT2D eigenvalue weighted by Crippen LogP contribution is 2.19. The maximum Gasteiger partial charge on any atom is 0.410 e. The van der Waals surface area contributed by atoms with Crippen LogP contribution in [-0.4, -0.2) is 66.2 Å². The maximum absolute atomic E-state index is 12.4. The van der Waals surface area contributed by atoms with Gasteiger partial charge >= 0.3 is 6.09 Å². The molecule has 0 aliphatic carbocycles. The molecule has 2 fully saturated rings. The standard InChI is InChI=1S/C13H15N3O4/c1-19-10-2-3-14-11(6-10)12(17)15-4-5-16-9(7-15)8-20-13(16)18/h2-3,6,9H,4-5,7-8H2,1H3. The molecule has 20 heavy (non-hydrogen) atoms. The van der Waals surface area contributed by atoms with Crippen LogP contribution in [0.2, 0.25) is 0 Å². The summed E-state index contributed by atoms with van der Waals surface area (Å²) in [7, 11) is 1.55. The van der Waals surface area contributed by atoms with E-state index in [1.54, 1.807) is 35.2 Å². The first kappa shape index (κ1) is 12.7. The smallest absolute Gasteiger partial charge is 0.410 e. The van der Waals surface area contributed by atoms with E-state index in [9.17, 15) is 9.59 Å². The number of hydrogen-bond donors (Lipinski definition) is 0. The van der Waals surface area contributed by atoms with Crippen molar-refractivity contribution in [2.75, 3.05) is 33.4 Å². The van der Waals surface area contributed by atoms with Gasteiger partial charge in [-0.15, -0.1) is 0 Å². The van der Waals surface area contributed by atoms with Gasteiger partial charge in [-0.25, -0.2) is 4.79 Å². The molecule has 2 amide bonds. The molecule has 2 saturated heterocycles. The molecule has 0 aromatic carbocycles. The number of ether oxygens (including phenoxy) is 2. The van der Waals surface area contributed by atoms with Gasteiger partial charge in [0.1, 0.15) is 18.1 Å². The van der Waals surface area contributed by atoms with Crippen molar-refractivity contribution >= 4 is 12.0 Å². The SMILES string of the molecule is COc1ccnc(C(=O)N2CCN3C(=O)OCC3C2)c1. The Hall–Kier alpha value is -2.31. The van der Waals surface area contributed by atoms with E-state index in [0.717, 1.165) is 0 Å². The molecule has 106 valence electrons. The van der Waals surface area contributed by atoms with Crippen molar-refractivity contribution in [2.45, 2.75) is 6.04 Å². The first-order valence-electron chi connectivity index (χ1n) is 6.42. The van der Waals surface area contributed by atoms with E-state index in [0.29, 0.717) is 37.7 Å². The number of hydrogen-bond acceptors (Lipinski definition) is 5. The van der Waals surface area contributed by atoms with Crippen LogP contribution in [0.25, 0.3) is 0 Å². The van der Waals surface area contributed by atoms with Crippen LogP contribution in [0.5, 0.6) is 5.75 Å². The Morgan fingerprint density at radius 2 is 2.35 bits per heavy atom. The van der Waals surface area contributed by atoms with Crippen molar-refractivity contribution in [1.29, 1.82) is 0 Å². The number of pyridine rings is 1. The zero-order valence-electron chi connectivity index (χ0n) is 11.1. The molecule has 0 radical (unpaired) electrons. The topological polar surface area (TPSA) is 72.0 Å². The van der Waals surface area contributed by atoms with Crippen LogP contribution in [-0.2, 0) is 4.74 Å². The third-order valence-corrected chi connectivity index (χ3v) is 3.59. The van der Waals surface area contributed by atoms with E-state index in [1.165, 1.54) is 0 Å². The van der Waals surface area contributed by atoms with Crippen molar-refractivity contribution < 1.29 is 19.1 Å². The van der Waals surface area contributed by atoms with Crippen molar-refractivity contribution in [3.8, 4) is 5.75 Å². The summed E-state index contributed by atoms with van der Waals surface area (Å²) in [5.74, 6) is 0.448. The van der Waals surface area contributed by atoms with Crippen molar-refractivity contribution in [3.63, 3.8) is 0 Å². The predicted octanol–water partition coefficient (Wildman–Crippen LogP) is 0.367. The first-order chi connectivity index (χ1) is 9.69. The Morgan fingerprint density at radius 1 is 1.50 bits per heavy atom. The summed E-state index contributed by atoms with van der Waals surface area (Å²) in [5, 5.41) is 0. The minimum Gasteiger partial charge on any atom is -0.497 e. The summed E-state index contributed by atoms with van der Waals surface area (Å²) in [4.78, 5) is 31.3. The summed E-state index contributed by atoms with van der Waals surface area (Å²) < 4.78 is 10.1. The second kappa shape index (κ2) is 4.99. The highest BCUT2D eigenvalue weighted by atomic mass is 16.6. The number of cyclic esters (lactones) is 1. The lowest BCUT2D eigenvalue weighted by Crippen LogP contribution is -2.53. The third-order valence-electron chi connectivity index (χ3n) is 3.59. The Kier molecular flexibility index (Phi) is 3.17. The Balaban J connectivity index is 1.73. The molecule has 0 N–H and O–H groups in total. The van der Waals surface area contributed by atoms with Gasteiger partial charge in [0.15, 0.2) is 0 Å². The lowest BCUT2D eigenvalue weighted by atomic mass is 10.2. The normalized spacial score (nSPS) is 21.4. The van der Waals surface area contributed by atoms with Gasteiger partial charge in [0.2, 0.25) is 0 Å². The second-order valence-corrected chi connectivity index (χ2v) is 4.76. The number of carbonyl (C=O) groups excluding carboxylic acids is 2. The summed E-state index contributed by atoms with van der Waals surface area (Å²) in [5.41, 5.74) is 0.350. The molecule has 7 nitrogen and oxygen atoms in total. The molecule has 1 aromatic heterocycles. The highest BCUT2D eigenvalue weighted by molar-refractivity contribution is 5.93. The van der Waals surface area contributed by atoms with E-state index in [1.807, 2.05) is 0 Å². The van der Waals surface area contributed by atoms with Crippen molar-refractivity contribution in [2.24, 2.45) is 0 Å². The number of amides is 2. The quantitative estimate of drug-likeness (QED) is 0.781. The Bertz CT molecular complexity index is 548. The van der Waals surface area contributed by atoms with Gasteiger partial charge in [-0.3, -0.25) is 14.7 Å². The average molecular weight is 277 g/mol. The fraction of sp³-hybridized carbons (Fsp3) is 0.462. The van der Waals surface area contributed by atoms with Gasteiger partial charge < -0.3 is 14.4 Å². The van der Waals surface area contributed by atoms with Gasteiger partial charge in [-0.1, -0.05) is 0 Å². The van der Waals surface area contributed by atoms with Crippen LogP contribution in [0.3, 0.4) is 0 Å². The minimum atomic E-state index is -0.290. The molecule has 0 bridgehead atoms. The zero-order chi connectivity index (χ0) is 14.1. The number of nitrogens with zero attached hydrogens (tertiary/aromatic N) is 3. The number of aromatic nitrogens is 1. The van der Waals surface area contributed by atoms with Crippen LogP contribution in [0.15, 0.2) is 18.3 Å². The van der Waals surface area contributed by atoms with Gasteiger partial charge in [0, 0.05) is 31.9 Å². The van der Waals surface area contributed by atoms with Gasteiger partial charge in [-0.05, 0) is 6.07 Å². The number of piperazine rings is 1. The summed E-state index contributed by atoms with van der Waals surface area (Å²) in [6, 6.07) is 3.26. The fourth-order valence-electron chi connectivity index (χ4n) is 2.49. The van der Waals surface area contributed by atoms with Crippen LogP contribution < -0.4 is 4.74 Å². The molecule has 0 spiro atoms. The van der Waals surface area contributed by atoms with E-state index in [2.05, 4.69) is 4.98 Å². The summed E-state index contributed by atoms with van der Waals surface area (Å²) in [6.45, 7) is 1.81. The lowest BCUT2D eigenvalue weighted by molar-refractivity contribution is 0.0611. The molecular weight excluding hydrogens is 262 g/mol. The van der Waals surface area contributed by atoms with E-state index in [-0.39, 0.29) is 18.0 Å². The molecule has 1 aromatic rings. The molecular formula is C13H15N3O4. The molecule has 1 atom stereocenters. The molecule has 3 heterocycles. The van der Waals surface area contributed by atoms with Crippen LogP contribution in [0, 0.1) is 0 Å². The van der Waals surface area contributed by atoms with Gasteiger partial charge in [0.05, 0.1) is 13.2 Å². The summed E-state index contributed by atoms with van der Waals surface area (Å²) >= 11 is 0. The third kappa shape index (κ3) is 2.15. The largest absolute Gasteiger partial charge is 0.497 e. The van der Waals surface area contributed by atoms with Crippen molar-refractivity contribution in [3.05, 3.63) is 24.0 Å². The molecule has 3 rings (SSSR count). The van der Waals surface area contributed by atoms with Gasteiger partial charge in [-0.2, -0.15) is 0 Å². The number of carbonyl (C=O) groups is 2. The van der Waals surface area contributed by atoms with E-state index < -0.39 is 0 Å². The van der Waals surface area contributed by atoms with Crippen LogP contribution in [0.4, 0.5) is 4.79 Å². The molecule has 7 heteroatoms. The average Bonchev–Trinajstić information content (AvgIpc) is 2.87. The number of methoxy groups -OCH3 is 1. The lowest BCUT2D eigenvalue weighted by Gasteiger charge is -2.35. The van der Waals surface area contributed by atoms with E-state index >= 15 is 0 Å². The van der Waals surface area contributed by atoms with Crippen LogP contribution in [0.1, 0.15) is 10.5 Å². The maximum atomic E-state index is 12.4. The zero-order valence-corrected chi connectivity index (χ0v) is 11.1. The second-order valence-electron chi connectivity index (χ2n) is 4.76. The molecule has 1 unspecified atom stereocenters. The van der Waals surface area contributed by atoms with Crippen LogP contribution >= 0.6 is 0 Å². The van der Waals surface area contributed by atoms with Gasteiger partial charge in [0.25, 0.3) is 5.91 Å². The Labute approximate surface area is 116 Å². The Morgan fingerprint density at radius 3 is 3.15 bits per heavy atom. The van der Waals surface area contributed by atoms with Crippen molar-refractivity contribution in [1.82, 2.24) is 14.8 Å². The summed E-state index contributed by atoms with van der Waals surface area (Å²) in [6.07, 6.45) is 1.26. The molecule has 2 aliphatic rings. The number of rotatable bonds is 2. The highest BCUT2D eigenvalue weighted by Gasteiger charge is 2.39. The fourth-order valence-corrected chi connectivity index (χ4v) is 2.49. The monoisotopic (exact) mass is 277 g/mol.